The molecule has 0 bridgehead atoms. The number of benzene rings is 1. The molecule has 1 unspecified atom stereocenters. The zero-order chi connectivity index (χ0) is 14.7. The van der Waals surface area contributed by atoms with Crippen LogP contribution < -0.4 is 4.74 Å². The molecule has 5 rings (SSSR count). The second-order valence-electron chi connectivity index (χ2n) is 5.65. The number of fused-ring (bicyclic) bond motifs is 3. The van der Waals surface area contributed by atoms with Crippen molar-refractivity contribution in [2.24, 2.45) is 4.99 Å². The molecule has 1 amide bonds. The molecule has 1 atom stereocenters. The summed E-state index contributed by atoms with van der Waals surface area (Å²) >= 11 is 0. The quantitative estimate of drug-likeness (QED) is 0.733. The number of carbonyl (C=O) groups excluding carboxylic acids is 1. The lowest BCUT2D eigenvalue weighted by Gasteiger charge is -2.40. The first-order valence-electron chi connectivity index (χ1n) is 7.19. The molecule has 22 heavy (non-hydrogen) atoms. The number of hydrogen-bond donors (Lipinski definition) is 0. The first-order chi connectivity index (χ1) is 10.8. The van der Waals surface area contributed by atoms with E-state index in [1.54, 1.807) is 6.21 Å². The minimum absolute atomic E-state index is 0.229. The predicted molar refractivity (Wildman–Crippen MR) is 85.2 cm³/mol. The van der Waals surface area contributed by atoms with Crippen molar-refractivity contribution < 1.29 is 9.53 Å². The van der Waals surface area contributed by atoms with E-state index in [1.165, 1.54) is 0 Å². The molecular weight excluding hydrogens is 274 g/mol. The highest BCUT2D eigenvalue weighted by Crippen LogP contribution is 2.47. The van der Waals surface area contributed by atoms with Crippen LogP contribution in [0.3, 0.4) is 0 Å². The number of nitrogens with zero attached hydrogens (tertiary/aromatic N) is 1. The topological polar surface area (TPSA) is 38.7 Å². The number of allylic oxidation sites excluding steroid dienone is 4. The van der Waals surface area contributed by atoms with Gasteiger partial charge in [-0.3, -0.25) is 4.79 Å². The lowest BCUT2D eigenvalue weighted by Crippen LogP contribution is -2.41. The third-order valence-corrected chi connectivity index (χ3v) is 4.46. The van der Waals surface area contributed by atoms with E-state index >= 15 is 0 Å². The normalized spacial score (nSPS) is 25.7. The highest BCUT2D eigenvalue weighted by Gasteiger charge is 2.42. The van der Waals surface area contributed by atoms with Crippen molar-refractivity contribution >= 4 is 18.2 Å². The SMILES string of the molecule is O=C1N=Cc2ccc3c(c21)OC12C=CC=CC1=CC=CC2=C3. The van der Waals surface area contributed by atoms with Gasteiger partial charge in [0.25, 0.3) is 5.91 Å². The molecule has 0 radical (unpaired) electrons. The average Bonchev–Trinajstić information content (AvgIpc) is 2.93. The number of aliphatic imine (C=N–C) groups is 1. The Morgan fingerprint density at radius 3 is 2.82 bits per heavy atom. The van der Waals surface area contributed by atoms with Crippen molar-refractivity contribution in [2.75, 3.05) is 0 Å². The standard InChI is InChI=1S/C19H11NO2/c21-18-16-13(11-20-18)8-7-12-10-15-6-3-5-14-4-1-2-9-19(14,15)22-17(12)16/h1-11H. The van der Waals surface area contributed by atoms with Gasteiger partial charge in [-0.1, -0.05) is 48.6 Å². The number of rotatable bonds is 0. The molecule has 0 aromatic heterocycles. The van der Waals surface area contributed by atoms with Crippen LogP contribution >= 0.6 is 0 Å². The van der Waals surface area contributed by atoms with Crippen LogP contribution in [0, 0.1) is 0 Å². The zero-order valence-corrected chi connectivity index (χ0v) is 11.6. The highest BCUT2D eigenvalue weighted by atomic mass is 16.5. The van der Waals surface area contributed by atoms with Crippen molar-refractivity contribution in [1.82, 2.24) is 0 Å². The zero-order valence-electron chi connectivity index (χ0n) is 11.6. The number of hydrogen-bond acceptors (Lipinski definition) is 2. The Hall–Kier alpha value is -2.94. The van der Waals surface area contributed by atoms with E-state index in [1.807, 2.05) is 48.6 Å². The number of amides is 1. The van der Waals surface area contributed by atoms with Crippen LogP contribution in [0.1, 0.15) is 21.5 Å². The second kappa shape index (κ2) is 3.83. The molecule has 104 valence electrons. The Bertz CT molecular complexity index is 925. The predicted octanol–water partition coefficient (Wildman–Crippen LogP) is 3.40. The third-order valence-electron chi connectivity index (χ3n) is 4.46. The van der Waals surface area contributed by atoms with E-state index in [0.29, 0.717) is 11.3 Å². The fraction of sp³-hybridized carbons (Fsp3) is 0.0526. The maximum Gasteiger partial charge on any atom is 0.281 e. The molecule has 2 heterocycles. The highest BCUT2D eigenvalue weighted by molar-refractivity contribution is 6.15. The van der Waals surface area contributed by atoms with Gasteiger partial charge in [-0.25, -0.2) is 4.99 Å². The number of ether oxygens (including phenoxy) is 1. The van der Waals surface area contributed by atoms with Gasteiger partial charge in [-0.15, -0.1) is 0 Å². The lowest BCUT2D eigenvalue weighted by atomic mass is 9.77. The van der Waals surface area contributed by atoms with Gasteiger partial charge in [0.05, 0.1) is 5.56 Å². The Balaban J connectivity index is 1.79. The van der Waals surface area contributed by atoms with Crippen molar-refractivity contribution in [3.63, 3.8) is 0 Å². The monoisotopic (exact) mass is 285 g/mol. The maximum absolute atomic E-state index is 12.1. The van der Waals surface area contributed by atoms with E-state index in [4.69, 9.17) is 4.74 Å². The van der Waals surface area contributed by atoms with Crippen molar-refractivity contribution in [1.29, 1.82) is 0 Å². The molecule has 3 heteroatoms. The molecule has 1 aromatic rings. The van der Waals surface area contributed by atoms with E-state index in [-0.39, 0.29) is 5.91 Å². The molecule has 4 aliphatic rings. The summed E-state index contributed by atoms with van der Waals surface area (Å²) in [5.41, 5.74) is 3.83. The van der Waals surface area contributed by atoms with Gasteiger partial charge in [-0.2, -0.15) is 0 Å². The van der Waals surface area contributed by atoms with Crippen LogP contribution in [0.2, 0.25) is 0 Å². The summed E-state index contributed by atoms with van der Waals surface area (Å²) in [5.74, 6) is 0.400. The summed E-state index contributed by atoms with van der Waals surface area (Å²) in [7, 11) is 0. The van der Waals surface area contributed by atoms with Gasteiger partial charge in [0.1, 0.15) is 5.75 Å². The summed E-state index contributed by atoms with van der Waals surface area (Å²) in [4.78, 5) is 16.0. The molecule has 0 N–H and O–H groups in total. The molecular formula is C19H11NO2. The van der Waals surface area contributed by atoms with Gasteiger partial charge >= 0.3 is 0 Å². The van der Waals surface area contributed by atoms with E-state index < -0.39 is 5.60 Å². The van der Waals surface area contributed by atoms with E-state index in [2.05, 4.69) is 17.1 Å². The van der Waals surface area contributed by atoms with Gasteiger partial charge in [0, 0.05) is 28.5 Å². The van der Waals surface area contributed by atoms with Crippen LogP contribution in [0.25, 0.3) is 6.08 Å². The Morgan fingerprint density at radius 1 is 1.00 bits per heavy atom. The van der Waals surface area contributed by atoms with Gasteiger partial charge < -0.3 is 4.74 Å². The maximum atomic E-state index is 12.1. The lowest BCUT2D eigenvalue weighted by molar-refractivity contribution is 0.0998. The molecule has 1 aromatic carbocycles. The summed E-state index contributed by atoms with van der Waals surface area (Å²) < 4.78 is 6.41. The first-order valence-corrected chi connectivity index (χ1v) is 7.19. The smallest absolute Gasteiger partial charge is 0.281 e. The molecule has 0 saturated carbocycles. The summed E-state index contributed by atoms with van der Waals surface area (Å²) in [5, 5.41) is 0. The molecule has 1 spiro atoms. The van der Waals surface area contributed by atoms with Gasteiger partial charge in [0.15, 0.2) is 5.60 Å². The van der Waals surface area contributed by atoms with Gasteiger partial charge in [-0.05, 0) is 12.2 Å². The van der Waals surface area contributed by atoms with Crippen LogP contribution in [-0.2, 0) is 0 Å². The first kappa shape index (κ1) is 11.7. The van der Waals surface area contributed by atoms with Crippen molar-refractivity contribution in [2.45, 2.75) is 5.60 Å². The van der Waals surface area contributed by atoms with Crippen LogP contribution in [0.15, 0.2) is 70.8 Å². The fourth-order valence-corrected chi connectivity index (χ4v) is 3.39. The summed E-state index contributed by atoms with van der Waals surface area (Å²) in [6.07, 6.45) is 17.9. The van der Waals surface area contributed by atoms with E-state index in [0.717, 1.165) is 22.3 Å². The molecule has 2 aliphatic heterocycles. The Morgan fingerprint density at radius 2 is 1.86 bits per heavy atom. The molecule has 3 nitrogen and oxygen atoms in total. The third kappa shape index (κ3) is 1.31. The van der Waals surface area contributed by atoms with Gasteiger partial charge in [0.2, 0.25) is 0 Å². The van der Waals surface area contributed by atoms with E-state index in [9.17, 15) is 4.79 Å². The summed E-state index contributed by atoms with van der Waals surface area (Å²) in [6.45, 7) is 0. The average molecular weight is 285 g/mol. The number of carbonyl (C=O) groups is 1. The Kier molecular flexibility index (Phi) is 2.03. The molecule has 0 saturated heterocycles. The van der Waals surface area contributed by atoms with Crippen molar-refractivity contribution in [3.05, 3.63) is 82.5 Å². The fourth-order valence-electron chi connectivity index (χ4n) is 3.39. The summed E-state index contributed by atoms with van der Waals surface area (Å²) in [6, 6.07) is 3.90. The molecule has 0 fully saturated rings. The molecule has 2 aliphatic carbocycles. The van der Waals surface area contributed by atoms with Crippen molar-refractivity contribution in [3.8, 4) is 5.75 Å². The second-order valence-corrected chi connectivity index (χ2v) is 5.65. The minimum atomic E-state index is -0.630. The van der Waals surface area contributed by atoms with Crippen LogP contribution in [0.5, 0.6) is 5.75 Å². The van der Waals surface area contributed by atoms with Crippen LogP contribution in [-0.4, -0.2) is 17.7 Å². The largest absolute Gasteiger partial charge is 0.472 e. The minimum Gasteiger partial charge on any atom is -0.472 e. The Labute approximate surface area is 127 Å². The van der Waals surface area contributed by atoms with Crippen LogP contribution in [0.4, 0.5) is 0 Å².